The Morgan fingerprint density at radius 2 is 1.67 bits per heavy atom. The summed E-state index contributed by atoms with van der Waals surface area (Å²) < 4.78 is 54.2. The first-order chi connectivity index (χ1) is 12.8. The Morgan fingerprint density at radius 1 is 1.04 bits per heavy atom. The van der Waals surface area contributed by atoms with Crippen molar-refractivity contribution in [3.8, 4) is 11.3 Å². The van der Waals surface area contributed by atoms with Crippen LogP contribution in [0.4, 0.5) is 17.6 Å². The van der Waals surface area contributed by atoms with Crippen LogP contribution in [-0.4, -0.2) is 14.9 Å². The van der Waals surface area contributed by atoms with E-state index >= 15 is 0 Å². The molecule has 1 heterocycles. The molecule has 27 heavy (non-hydrogen) atoms. The lowest BCUT2D eigenvalue weighted by Crippen LogP contribution is -2.32. The van der Waals surface area contributed by atoms with Crippen molar-refractivity contribution in [2.45, 2.75) is 18.8 Å². The Bertz CT molecular complexity index is 1000. The van der Waals surface area contributed by atoms with Crippen LogP contribution < -0.4 is 5.56 Å². The molecule has 3 aromatic rings. The zero-order valence-corrected chi connectivity index (χ0v) is 13.8. The van der Waals surface area contributed by atoms with E-state index < -0.39 is 35.8 Å². The summed E-state index contributed by atoms with van der Waals surface area (Å²) in [5.74, 6) is -0.728. The fourth-order valence-corrected chi connectivity index (χ4v) is 2.63. The minimum Gasteiger partial charge on any atom is -0.386 e. The van der Waals surface area contributed by atoms with E-state index in [9.17, 15) is 27.5 Å². The van der Waals surface area contributed by atoms with Gasteiger partial charge in [-0.25, -0.2) is 9.07 Å². The third-order valence-corrected chi connectivity index (χ3v) is 3.96. The minimum absolute atomic E-state index is 0.0803. The molecule has 2 aromatic carbocycles. The summed E-state index contributed by atoms with van der Waals surface area (Å²) >= 11 is 0. The first kappa shape index (κ1) is 18.8. The van der Waals surface area contributed by atoms with Crippen molar-refractivity contribution >= 4 is 0 Å². The van der Waals surface area contributed by atoms with Crippen molar-refractivity contribution in [2.24, 2.45) is 0 Å². The van der Waals surface area contributed by atoms with Gasteiger partial charge in [-0.2, -0.15) is 18.3 Å². The molecule has 140 valence electrons. The molecular formula is C19H14F4N2O2. The molecule has 0 aliphatic rings. The van der Waals surface area contributed by atoms with Gasteiger partial charge in [-0.15, -0.1) is 0 Å². The van der Waals surface area contributed by atoms with Crippen molar-refractivity contribution < 1.29 is 22.7 Å². The summed E-state index contributed by atoms with van der Waals surface area (Å²) in [5.41, 5.74) is -2.65. The van der Waals surface area contributed by atoms with Gasteiger partial charge in [0.2, 0.25) is 0 Å². The zero-order valence-electron chi connectivity index (χ0n) is 13.8. The average molecular weight is 378 g/mol. The van der Waals surface area contributed by atoms with Gasteiger partial charge in [0.25, 0.3) is 5.56 Å². The maximum Gasteiger partial charge on any atom is 0.421 e. The highest BCUT2D eigenvalue weighted by molar-refractivity contribution is 5.59. The highest BCUT2D eigenvalue weighted by atomic mass is 19.4. The largest absolute Gasteiger partial charge is 0.421 e. The van der Waals surface area contributed by atoms with Crippen molar-refractivity contribution in [3.05, 3.63) is 88.0 Å². The monoisotopic (exact) mass is 378 g/mol. The molecule has 0 fully saturated rings. The number of benzene rings is 2. The van der Waals surface area contributed by atoms with E-state index in [1.54, 1.807) is 30.3 Å². The molecule has 1 atom stereocenters. The summed E-state index contributed by atoms with van der Waals surface area (Å²) in [6.07, 6.45) is -6.43. The van der Waals surface area contributed by atoms with Crippen LogP contribution in [0.1, 0.15) is 17.2 Å². The second-order valence-corrected chi connectivity index (χ2v) is 5.83. The van der Waals surface area contributed by atoms with Gasteiger partial charge in [0.1, 0.15) is 17.5 Å². The van der Waals surface area contributed by atoms with E-state index in [-0.39, 0.29) is 11.3 Å². The second kappa shape index (κ2) is 7.32. The van der Waals surface area contributed by atoms with Crippen LogP contribution >= 0.6 is 0 Å². The van der Waals surface area contributed by atoms with E-state index in [0.717, 1.165) is 6.07 Å². The molecule has 0 saturated carbocycles. The maximum atomic E-state index is 13.8. The molecule has 0 unspecified atom stereocenters. The van der Waals surface area contributed by atoms with E-state index in [0.29, 0.717) is 16.3 Å². The lowest BCUT2D eigenvalue weighted by Gasteiger charge is -2.16. The van der Waals surface area contributed by atoms with Gasteiger partial charge < -0.3 is 5.11 Å². The summed E-state index contributed by atoms with van der Waals surface area (Å²) in [4.78, 5) is 12.2. The third kappa shape index (κ3) is 4.06. The van der Waals surface area contributed by atoms with E-state index in [4.69, 9.17) is 0 Å². The van der Waals surface area contributed by atoms with Crippen molar-refractivity contribution in [1.82, 2.24) is 9.78 Å². The number of hydrogen-bond donors (Lipinski definition) is 1. The number of aromatic nitrogens is 2. The highest BCUT2D eigenvalue weighted by Gasteiger charge is 2.36. The zero-order chi connectivity index (χ0) is 19.6. The molecule has 0 bridgehead atoms. The highest BCUT2D eigenvalue weighted by Crippen LogP contribution is 2.29. The van der Waals surface area contributed by atoms with Crippen molar-refractivity contribution in [2.75, 3.05) is 0 Å². The maximum absolute atomic E-state index is 13.8. The van der Waals surface area contributed by atoms with Crippen LogP contribution in [-0.2, 0) is 12.7 Å². The Kier molecular flexibility index (Phi) is 5.09. The summed E-state index contributed by atoms with van der Waals surface area (Å²) in [6, 6.07) is 14.0. The molecule has 3 rings (SSSR count). The summed E-state index contributed by atoms with van der Waals surface area (Å²) in [7, 11) is 0. The molecular weight excluding hydrogens is 364 g/mol. The first-order valence-corrected chi connectivity index (χ1v) is 7.94. The van der Waals surface area contributed by atoms with Crippen LogP contribution in [0.3, 0.4) is 0 Å². The van der Waals surface area contributed by atoms with E-state index in [1.807, 2.05) is 0 Å². The second-order valence-electron chi connectivity index (χ2n) is 5.83. The van der Waals surface area contributed by atoms with Gasteiger partial charge in [0.15, 0.2) is 0 Å². The van der Waals surface area contributed by atoms with Gasteiger partial charge in [-0.05, 0) is 12.1 Å². The molecule has 0 amide bonds. The van der Waals surface area contributed by atoms with Gasteiger partial charge >= 0.3 is 6.18 Å². The predicted octanol–water partition coefficient (Wildman–Crippen LogP) is 3.80. The smallest absolute Gasteiger partial charge is 0.386 e. The predicted molar refractivity (Wildman–Crippen MR) is 90.3 cm³/mol. The summed E-state index contributed by atoms with van der Waals surface area (Å²) in [6.45, 7) is -0.622. The number of aliphatic hydroxyl groups excluding tert-OH is 1. The quantitative estimate of drug-likeness (QED) is 0.703. The standard InChI is InChI=1S/C19H14F4N2O2/c20-15-9-5-4-8-13(15)17(26)11-25-18(27)14(19(21,22)23)10-16(24-25)12-6-2-1-3-7-12/h1-10,17,26H,11H2/t17-/m0/s1. The van der Waals surface area contributed by atoms with Gasteiger partial charge in [0, 0.05) is 11.1 Å². The molecule has 4 nitrogen and oxygen atoms in total. The van der Waals surface area contributed by atoms with Gasteiger partial charge in [-0.1, -0.05) is 48.5 Å². The van der Waals surface area contributed by atoms with Gasteiger partial charge in [-0.3, -0.25) is 4.79 Å². The van der Waals surface area contributed by atoms with Crippen molar-refractivity contribution in [1.29, 1.82) is 0 Å². The molecule has 0 radical (unpaired) electrons. The molecule has 0 aliphatic carbocycles. The summed E-state index contributed by atoms with van der Waals surface area (Å²) in [5, 5.41) is 14.1. The Labute approximate surface area is 151 Å². The lowest BCUT2D eigenvalue weighted by atomic mass is 10.1. The molecule has 8 heteroatoms. The lowest BCUT2D eigenvalue weighted by molar-refractivity contribution is -0.139. The molecule has 1 N–H and O–H groups in total. The topological polar surface area (TPSA) is 55.1 Å². The van der Waals surface area contributed by atoms with E-state index in [1.165, 1.54) is 18.2 Å². The van der Waals surface area contributed by atoms with Crippen LogP contribution in [0.25, 0.3) is 11.3 Å². The Hall–Kier alpha value is -3.00. The number of nitrogens with zero attached hydrogens (tertiary/aromatic N) is 2. The molecule has 1 aromatic heterocycles. The van der Waals surface area contributed by atoms with Crippen molar-refractivity contribution in [3.63, 3.8) is 0 Å². The SMILES string of the molecule is O=c1c(C(F)(F)F)cc(-c2ccccc2)nn1C[C@H](O)c1ccccc1F. The Balaban J connectivity index is 2.09. The normalized spacial score (nSPS) is 12.8. The van der Waals surface area contributed by atoms with Crippen LogP contribution in [0, 0.1) is 5.82 Å². The molecule has 0 spiro atoms. The number of alkyl halides is 3. The average Bonchev–Trinajstić information content (AvgIpc) is 2.63. The molecule has 0 aliphatic heterocycles. The van der Waals surface area contributed by atoms with Crippen LogP contribution in [0.15, 0.2) is 65.5 Å². The number of aliphatic hydroxyl groups is 1. The fourth-order valence-electron chi connectivity index (χ4n) is 2.63. The van der Waals surface area contributed by atoms with E-state index in [2.05, 4.69) is 5.10 Å². The number of rotatable bonds is 4. The first-order valence-electron chi connectivity index (χ1n) is 7.94. The third-order valence-electron chi connectivity index (χ3n) is 3.96. The number of halogens is 4. The van der Waals surface area contributed by atoms with Gasteiger partial charge in [0.05, 0.1) is 12.2 Å². The van der Waals surface area contributed by atoms with Crippen LogP contribution in [0.5, 0.6) is 0 Å². The van der Waals surface area contributed by atoms with Crippen LogP contribution in [0.2, 0.25) is 0 Å². The molecule has 0 saturated heterocycles. The fraction of sp³-hybridized carbons (Fsp3) is 0.158. The Morgan fingerprint density at radius 3 is 2.30 bits per heavy atom. The minimum atomic E-state index is -4.89. The number of hydrogen-bond acceptors (Lipinski definition) is 3.